The Balaban J connectivity index is 1.82. The van der Waals surface area contributed by atoms with Crippen LogP contribution in [0.4, 0.5) is 0 Å². The highest BCUT2D eigenvalue weighted by Crippen LogP contribution is 2.59. The maximum atomic E-state index is 14.1. The third-order valence-electron chi connectivity index (χ3n) is 6.57. The van der Waals surface area contributed by atoms with Gasteiger partial charge in [-0.2, -0.15) is 0 Å². The Bertz CT molecular complexity index is 1220. The first kappa shape index (κ1) is 27.5. The molecule has 0 aliphatic carbocycles. The van der Waals surface area contributed by atoms with Crippen molar-refractivity contribution < 1.29 is 18.4 Å². The molecular weight excluding hydrogens is 493 g/mol. The second-order valence-electron chi connectivity index (χ2n) is 8.94. The van der Waals surface area contributed by atoms with Gasteiger partial charge in [0.1, 0.15) is 0 Å². The Hall–Kier alpha value is -3.50. The van der Waals surface area contributed by atoms with Gasteiger partial charge in [0.05, 0.1) is 18.6 Å². The molecule has 4 aromatic rings. The summed E-state index contributed by atoms with van der Waals surface area (Å²) in [5, 5.41) is 3.06. The topological polar surface area (TPSA) is 64.6 Å². The van der Waals surface area contributed by atoms with Gasteiger partial charge in [-0.3, -0.25) is 9.36 Å². The van der Waals surface area contributed by atoms with Crippen LogP contribution in [-0.4, -0.2) is 19.1 Å². The number of benzene rings is 4. The van der Waals surface area contributed by atoms with Crippen molar-refractivity contribution in [3.63, 3.8) is 0 Å². The molecule has 0 heterocycles. The smallest absolute Gasteiger partial charge is 0.338 e. The summed E-state index contributed by atoms with van der Waals surface area (Å²) in [6, 6.07) is 39.3. The van der Waals surface area contributed by atoms with Crippen molar-refractivity contribution in [2.24, 2.45) is 0 Å². The zero-order valence-electron chi connectivity index (χ0n) is 21.8. The molecule has 1 N–H and O–H groups in total. The lowest BCUT2D eigenvalue weighted by molar-refractivity contribution is -0.122. The lowest BCUT2D eigenvalue weighted by Gasteiger charge is -2.36. The summed E-state index contributed by atoms with van der Waals surface area (Å²) >= 11 is 0. The van der Waals surface area contributed by atoms with Gasteiger partial charge in [0.25, 0.3) is 0 Å². The van der Waals surface area contributed by atoms with Crippen LogP contribution in [0.15, 0.2) is 121 Å². The van der Waals surface area contributed by atoms with Crippen molar-refractivity contribution in [1.82, 2.24) is 5.32 Å². The first-order chi connectivity index (χ1) is 18.5. The summed E-state index contributed by atoms with van der Waals surface area (Å²) < 4.78 is 25.3. The molecule has 196 valence electrons. The van der Waals surface area contributed by atoms with Crippen LogP contribution in [0.1, 0.15) is 48.3 Å². The van der Waals surface area contributed by atoms with Crippen molar-refractivity contribution in [2.75, 3.05) is 13.2 Å². The number of amides is 1. The van der Waals surface area contributed by atoms with Gasteiger partial charge in [0.15, 0.2) is 5.78 Å². The van der Waals surface area contributed by atoms with Gasteiger partial charge in [-0.05, 0) is 36.1 Å². The molecule has 4 rings (SSSR count). The first-order valence-corrected chi connectivity index (χ1v) is 14.5. The van der Waals surface area contributed by atoms with Crippen LogP contribution in [0.3, 0.4) is 0 Å². The van der Waals surface area contributed by atoms with E-state index in [1.165, 1.54) is 0 Å². The van der Waals surface area contributed by atoms with Gasteiger partial charge >= 0.3 is 7.60 Å². The summed E-state index contributed by atoms with van der Waals surface area (Å²) in [4.78, 5) is 14.1. The van der Waals surface area contributed by atoms with Crippen LogP contribution in [0.5, 0.6) is 0 Å². The summed E-state index contributed by atoms with van der Waals surface area (Å²) in [6.45, 7) is 3.92. The minimum absolute atomic E-state index is 0.0899. The van der Waals surface area contributed by atoms with Crippen molar-refractivity contribution in [1.29, 1.82) is 0 Å². The molecule has 0 bridgehead atoms. The summed E-state index contributed by atoms with van der Waals surface area (Å²) in [7, 11) is -3.72. The molecule has 0 saturated heterocycles. The number of nitrogens with one attached hydrogen (secondary N) is 1. The van der Waals surface area contributed by atoms with E-state index in [2.05, 4.69) is 5.32 Å². The zero-order valence-corrected chi connectivity index (χ0v) is 22.7. The molecule has 0 spiro atoms. The maximum Gasteiger partial charge on any atom is 0.357 e. The van der Waals surface area contributed by atoms with E-state index in [1.807, 2.05) is 121 Å². The highest BCUT2D eigenvalue weighted by Gasteiger charge is 2.42. The minimum atomic E-state index is -3.72. The number of rotatable bonds is 12. The largest absolute Gasteiger partial charge is 0.357 e. The van der Waals surface area contributed by atoms with E-state index in [4.69, 9.17) is 9.05 Å². The fourth-order valence-electron chi connectivity index (χ4n) is 4.95. The molecule has 1 amide bonds. The molecule has 1 atom stereocenters. The second-order valence-corrected chi connectivity index (χ2v) is 11.0. The van der Waals surface area contributed by atoms with Crippen LogP contribution in [0, 0.1) is 0 Å². The highest BCUT2D eigenvalue weighted by atomic mass is 31.2. The highest BCUT2D eigenvalue weighted by molar-refractivity contribution is 7.54. The standard InChI is InChI=1S/C32H34NO4P/c1-3-36-38(35,37-4-2)31(26-17-9-5-10-18-26)33-30(34)25-32(27-19-11-6-12-20-27,28-21-13-7-14-22-28)29-23-15-8-16-24-29/h5-24,31H,3-4,25H2,1-2H3,(H,33,34). The SMILES string of the molecule is CCOP(=O)(OCC)C(NC(=O)CC(c1ccccc1)(c1ccccc1)c1ccccc1)c1ccccc1. The minimum Gasteiger partial charge on any atom is -0.338 e. The van der Waals surface area contributed by atoms with Gasteiger partial charge in [-0.15, -0.1) is 0 Å². The molecule has 0 aromatic heterocycles. The number of carbonyl (C=O) groups is 1. The average molecular weight is 528 g/mol. The number of hydrogen-bond acceptors (Lipinski definition) is 4. The molecule has 0 fully saturated rings. The van der Waals surface area contributed by atoms with Crippen LogP contribution >= 0.6 is 7.60 Å². The second kappa shape index (κ2) is 12.8. The lowest BCUT2D eigenvalue weighted by atomic mass is 9.67. The maximum absolute atomic E-state index is 14.1. The van der Waals surface area contributed by atoms with E-state index in [0.717, 1.165) is 16.7 Å². The Kier molecular flexibility index (Phi) is 9.30. The molecule has 0 saturated carbocycles. The average Bonchev–Trinajstić information content (AvgIpc) is 2.97. The fraction of sp³-hybridized carbons (Fsp3) is 0.219. The normalized spacial score (nSPS) is 12.6. The predicted octanol–water partition coefficient (Wildman–Crippen LogP) is 7.49. The molecule has 38 heavy (non-hydrogen) atoms. The van der Waals surface area contributed by atoms with E-state index in [9.17, 15) is 9.36 Å². The van der Waals surface area contributed by atoms with Gasteiger partial charge in [0.2, 0.25) is 5.91 Å². The van der Waals surface area contributed by atoms with E-state index in [1.54, 1.807) is 13.8 Å². The summed E-state index contributed by atoms with van der Waals surface area (Å²) in [5.41, 5.74) is 2.84. The Morgan fingerprint density at radius 1 is 0.684 bits per heavy atom. The van der Waals surface area contributed by atoms with E-state index < -0.39 is 18.8 Å². The van der Waals surface area contributed by atoms with Crippen LogP contribution in [0.25, 0.3) is 0 Å². The van der Waals surface area contributed by atoms with Crippen molar-refractivity contribution in [2.45, 2.75) is 31.5 Å². The van der Waals surface area contributed by atoms with Gasteiger partial charge in [0, 0.05) is 6.42 Å². The van der Waals surface area contributed by atoms with E-state index in [-0.39, 0.29) is 25.5 Å². The third-order valence-corrected chi connectivity index (χ3v) is 8.87. The molecule has 6 heteroatoms. The fourth-order valence-corrected chi connectivity index (χ4v) is 6.88. The van der Waals surface area contributed by atoms with Crippen molar-refractivity contribution in [3.05, 3.63) is 144 Å². The third kappa shape index (κ3) is 5.97. The Morgan fingerprint density at radius 3 is 1.42 bits per heavy atom. The summed E-state index contributed by atoms with van der Waals surface area (Å²) in [5.74, 6) is -1.22. The van der Waals surface area contributed by atoms with Crippen LogP contribution < -0.4 is 5.32 Å². The Morgan fingerprint density at radius 2 is 1.05 bits per heavy atom. The molecule has 4 aromatic carbocycles. The lowest BCUT2D eigenvalue weighted by Crippen LogP contribution is -2.38. The van der Waals surface area contributed by atoms with Gasteiger partial charge in [-0.1, -0.05) is 121 Å². The molecule has 5 nitrogen and oxygen atoms in total. The molecule has 0 aliphatic rings. The van der Waals surface area contributed by atoms with Crippen LogP contribution in [-0.2, 0) is 23.8 Å². The number of carbonyl (C=O) groups excluding carboxylic acids is 1. The van der Waals surface area contributed by atoms with Gasteiger partial charge < -0.3 is 14.4 Å². The van der Waals surface area contributed by atoms with E-state index >= 15 is 0 Å². The predicted molar refractivity (Wildman–Crippen MR) is 152 cm³/mol. The zero-order chi connectivity index (χ0) is 26.8. The van der Waals surface area contributed by atoms with Crippen molar-refractivity contribution >= 4 is 13.5 Å². The first-order valence-electron chi connectivity index (χ1n) is 12.9. The molecular formula is C32H34NO4P. The van der Waals surface area contributed by atoms with Gasteiger partial charge in [-0.25, -0.2) is 0 Å². The molecule has 0 radical (unpaired) electrons. The number of hydrogen-bond donors (Lipinski definition) is 1. The summed E-state index contributed by atoms with van der Waals surface area (Å²) in [6.07, 6.45) is 0.0899. The molecule has 1 unspecified atom stereocenters. The molecule has 0 aliphatic heterocycles. The monoisotopic (exact) mass is 527 g/mol. The quantitative estimate of drug-likeness (QED) is 0.153. The van der Waals surface area contributed by atoms with Crippen LogP contribution in [0.2, 0.25) is 0 Å². The van der Waals surface area contributed by atoms with Crippen molar-refractivity contribution in [3.8, 4) is 0 Å². The van der Waals surface area contributed by atoms with E-state index in [0.29, 0.717) is 5.56 Å². The Labute approximate surface area is 225 Å².